The Kier molecular flexibility index (Phi) is 6.41. The summed E-state index contributed by atoms with van der Waals surface area (Å²) in [5.74, 6) is -0.316. The molecule has 0 unspecified atom stereocenters. The van der Waals surface area contributed by atoms with Crippen LogP contribution in [0.1, 0.15) is 57.1 Å². The molecule has 0 radical (unpaired) electrons. The van der Waals surface area contributed by atoms with E-state index in [0.717, 1.165) is 61.2 Å². The monoisotopic (exact) mass is 492 g/mol. The number of fused-ring (bicyclic) bond motifs is 1. The fourth-order valence-electron chi connectivity index (χ4n) is 5.03. The van der Waals surface area contributed by atoms with Gasteiger partial charge in [-0.1, -0.05) is 0 Å². The second kappa shape index (κ2) is 9.50. The van der Waals surface area contributed by atoms with Crippen LogP contribution in [0.4, 0.5) is 29.2 Å². The second-order valence-electron chi connectivity index (χ2n) is 9.10. The van der Waals surface area contributed by atoms with Gasteiger partial charge in [0.25, 0.3) is 5.88 Å². The van der Waals surface area contributed by atoms with Crippen LogP contribution < -0.4 is 15.0 Å². The van der Waals surface area contributed by atoms with Gasteiger partial charge in [-0.25, -0.2) is 14.4 Å². The number of rotatable bonds is 6. The number of aromatic nitrogens is 4. The van der Waals surface area contributed by atoms with Gasteiger partial charge in [-0.2, -0.15) is 18.3 Å². The van der Waals surface area contributed by atoms with Crippen LogP contribution in [-0.4, -0.2) is 45.5 Å². The Morgan fingerprint density at radius 1 is 1.11 bits per heavy atom. The van der Waals surface area contributed by atoms with Crippen LogP contribution in [0.5, 0.6) is 5.88 Å². The van der Waals surface area contributed by atoms with Crippen LogP contribution in [0.2, 0.25) is 0 Å². The highest BCUT2D eigenvalue weighted by atomic mass is 19.4. The van der Waals surface area contributed by atoms with E-state index in [1.165, 1.54) is 0 Å². The van der Waals surface area contributed by atoms with Gasteiger partial charge in [0.05, 0.1) is 22.5 Å². The number of ether oxygens (including phenoxy) is 1. The zero-order valence-corrected chi connectivity index (χ0v) is 19.5. The van der Waals surface area contributed by atoms with Crippen molar-refractivity contribution in [1.29, 1.82) is 0 Å². The number of alkyl halides is 3. The van der Waals surface area contributed by atoms with Crippen LogP contribution in [-0.2, 0) is 6.18 Å². The molecule has 7 nitrogen and oxygen atoms in total. The first-order valence-corrected chi connectivity index (χ1v) is 12.1. The quantitative estimate of drug-likeness (QED) is 0.453. The lowest BCUT2D eigenvalue weighted by atomic mass is 9.93. The summed E-state index contributed by atoms with van der Waals surface area (Å²) in [4.78, 5) is 10.5. The van der Waals surface area contributed by atoms with Crippen molar-refractivity contribution >= 4 is 22.5 Å². The summed E-state index contributed by atoms with van der Waals surface area (Å²) < 4.78 is 61.1. The van der Waals surface area contributed by atoms with Crippen molar-refractivity contribution in [3.05, 3.63) is 35.9 Å². The van der Waals surface area contributed by atoms with Gasteiger partial charge in [0.1, 0.15) is 11.9 Å². The molecule has 5 rings (SSSR count). The summed E-state index contributed by atoms with van der Waals surface area (Å²) in [6, 6.07) is 2.75. The van der Waals surface area contributed by atoms with Crippen LogP contribution in [0.3, 0.4) is 0 Å². The highest BCUT2D eigenvalue weighted by Gasteiger charge is 2.36. The first-order chi connectivity index (χ1) is 16.8. The zero-order valence-electron chi connectivity index (χ0n) is 19.5. The topological polar surface area (TPSA) is 68.1 Å². The van der Waals surface area contributed by atoms with E-state index in [0.29, 0.717) is 31.7 Å². The summed E-state index contributed by atoms with van der Waals surface area (Å²) >= 11 is 0. The molecule has 2 aliphatic rings. The molecule has 1 aliphatic carbocycles. The van der Waals surface area contributed by atoms with Crippen molar-refractivity contribution in [3.63, 3.8) is 0 Å². The highest BCUT2D eigenvalue weighted by molar-refractivity contribution is 5.91. The molecule has 3 aromatic heterocycles. The molecule has 4 heterocycles. The van der Waals surface area contributed by atoms with Gasteiger partial charge in [0.2, 0.25) is 0 Å². The zero-order chi connectivity index (χ0) is 24.6. The van der Waals surface area contributed by atoms with Gasteiger partial charge in [0, 0.05) is 38.1 Å². The van der Waals surface area contributed by atoms with Gasteiger partial charge in [-0.05, 0) is 51.5 Å². The van der Waals surface area contributed by atoms with E-state index in [-0.39, 0.29) is 6.04 Å². The average Bonchev–Trinajstić information content (AvgIpc) is 3.48. The predicted octanol–water partition coefficient (Wildman–Crippen LogP) is 5.58. The number of anilines is 2. The molecule has 35 heavy (non-hydrogen) atoms. The Bertz CT molecular complexity index is 1180. The van der Waals surface area contributed by atoms with E-state index in [1.54, 1.807) is 0 Å². The smallest absolute Gasteiger partial charge is 0.419 e. The number of nitrogens with zero attached hydrogens (tertiary/aromatic N) is 5. The fraction of sp³-hybridized carbons (Fsp3) is 0.542. The standard InChI is InChI=1S/C24H28F4N6O/c1-2-29-20-13-19-17(14-31-20)22(33-11-3-4-12-33)32-34(19)15-5-7-16(8-6-15)35-23-21(25)18(9-10-30-23)24(26,27)28/h9-10,13-16H,2-8,11-12H2,1H3,(H,29,31). The molecule has 0 aromatic carbocycles. The number of pyridine rings is 2. The van der Waals surface area contributed by atoms with Crippen molar-refractivity contribution in [2.24, 2.45) is 0 Å². The predicted molar refractivity (Wildman–Crippen MR) is 124 cm³/mol. The SMILES string of the molecule is CCNc1cc2c(cn1)c(N1CCCC1)nn2C1CCC(Oc2nccc(C(F)(F)F)c2F)CC1. The second-order valence-corrected chi connectivity index (χ2v) is 9.10. The van der Waals surface area contributed by atoms with Gasteiger partial charge in [-0.3, -0.25) is 4.68 Å². The van der Waals surface area contributed by atoms with E-state index in [4.69, 9.17) is 9.84 Å². The molecule has 1 saturated heterocycles. The highest BCUT2D eigenvalue weighted by Crippen LogP contribution is 2.38. The molecule has 11 heteroatoms. The Morgan fingerprint density at radius 2 is 1.86 bits per heavy atom. The number of nitrogens with one attached hydrogen (secondary N) is 1. The lowest BCUT2D eigenvalue weighted by molar-refractivity contribution is -0.140. The minimum Gasteiger partial charge on any atom is -0.472 e. The van der Waals surface area contributed by atoms with Gasteiger partial charge >= 0.3 is 6.18 Å². The summed E-state index contributed by atoms with van der Waals surface area (Å²) in [6.45, 7) is 4.71. The van der Waals surface area contributed by atoms with Crippen molar-refractivity contribution in [2.75, 3.05) is 29.9 Å². The maximum absolute atomic E-state index is 14.4. The first kappa shape index (κ1) is 23.6. The molecule has 3 aromatic rings. The molecular weight excluding hydrogens is 464 g/mol. The van der Waals surface area contributed by atoms with E-state index in [9.17, 15) is 17.6 Å². The van der Waals surface area contributed by atoms with Crippen LogP contribution in [0, 0.1) is 5.82 Å². The molecule has 0 bridgehead atoms. The Labute approximate surface area is 200 Å². The third kappa shape index (κ3) is 4.72. The maximum Gasteiger partial charge on any atom is 0.419 e. The van der Waals surface area contributed by atoms with E-state index < -0.39 is 29.5 Å². The van der Waals surface area contributed by atoms with Crippen molar-refractivity contribution in [2.45, 2.75) is 63.8 Å². The van der Waals surface area contributed by atoms with Crippen LogP contribution in [0.25, 0.3) is 10.9 Å². The molecule has 0 atom stereocenters. The summed E-state index contributed by atoms with van der Waals surface area (Å²) in [5.41, 5.74) is -0.355. The fourth-order valence-corrected chi connectivity index (χ4v) is 5.03. The summed E-state index contributed by atoms with van der Waals surface area (Å²) in [5, 5.41) is 9.27. The number of hydrogen-bond donors (Lipinski definition) is 1. The normalized spacial score (nSPS) is 21.0. The minimum absolute atomic E-state index is 0.102. The lowest BCUT2D eigenvalue weighted by Crippen LogP contribution is -2.27. The minimum atomic E-state index is -4.79. The summed E-state index contributed by atoms with van der Waals surface area (Å²) in [6.07, 6.45) is 2.43. The number of hydrogen-bond acceptors (Lipinski definition) is 6. The van der Waals surface area contributed by atoms with Crippen molar-refractivity contribution in [1.82, 2.24) is 19.7 Å². The maximum atomic E-state index is 14.4. The molecule has 0 spiro atoms. The first-order valence-electron chi connectivity index (χ1n) is 12.1. The molecular formula is C24H28F4N6O. The summed E-state index contributed by atoms with van der Waals surface area (Å²) in [7, 11) is 0. The third-order valence-electron chi connectivity index (χ3n) is 6.77. The van der Waals surface area contributed by atoms with Gasteiger partial charge in [-0.15, -0.1) is 0 Å². The third-order valence-corrected chi connectivity index (χ3v) is 6.77. The van der Waals surface area contributed by atoms with E-state index in [2.05, 4.69) is 24.9 Å². The van der Waals surface area contributed by atoms with Crippen molar-refractivity contribution in [3.8, 4) is 5.88 Å². The Balaban J connectivity index is 1.35. The number of halogens is 4. The van der Waals surface area contributed by atoms with Crippen molar-refractivity contribution < 1.29 is 22.3 Å². The average molecular weight is 493 g/mol. The lowest BCUT2D eigenvalue weighted by Gasteiger charge is -2.29. The molecule has 1 saturated carbocycles. The molecule has 2 fully saturated rings. The molecule has 188 valence electrons. The van der Waals surface area contributed by atoms with Crippen LogP contribution in [0.15, 0.2) is 24.5 Å². The Hall–Kier alpha value is -3.11. The molecule has 1 N–H and O–H groups in total. The van der Waals surface area contributed by atoms with Gasteiger partial charge in [0.15, 0.2) is 11.6 Å². The largest absolute Gasteiger partial charge is 0.472 e. The Morgan fingerprint density at radius 3 is 2.54 bits per heavy atom. The van der Waals surface area contributed by atoms with E-state index >= 15 is 0 Å². The van der Waals surface area contributed by atoms with E-state index in [1.807, 2.05) is 19.2 Å². The van der Waals surface area contributed by atoms with Crippen LogP contribution >= 0.6 is 0 Å². The van der Waals surface area contributed by atoms with Gasteiger partial charge < -0.3 is 15.0 Å². The molecule has 1 aliphatic heterocycles. The molecule has 0 amide bonds.